The Balaban J connectivity index is 2.51. The quantitative estimate of drug-likeness (QED) is 0.832. The monoisotopic (exact) mass is 307 g/mol. The zero-order valence-corrected chi connectivity index (χ0v) is 10.6. The summed E-state index contributed by atoms with van der Waals surface area (Å²) in [6, 6.07) is 4.82. The van der Waals surface area contributed by atoms with Crippen molar-refractivity contribution in [2.45, 2.75) is 20.3 Å². The third kappa shape index (κ3) is 3.82. The molecule has 0 saturated carbocycles. The highest BCUT2D eigenvalue weighted by Gasteiger charge is 2.00. The molecule has 0 aliphatic carbocycles. The molecule has 0 unspecified atom stereocenters. The molecule has 3 heteroatoms. The minimum absolute atomic E-state index is 0.177. The summed E-state index contributed by atoms with van der Waals surface area (Å²) in [5.74, 6) is 0.518. The van der Waals surface area contributed by atoms with Crippen LogP contribution in [0.15, 0.2) is 18.2 Å². The molecule has 1 nitrogen and oxygen atoms in total. The van der Waals surface area contributed by atoms with Crippen molar-refractivity contribution in [3.8, 4) is 0 Å². The zero-order chi connectivity index (χ0) is 10.6. The fourth-order valence-corrected chi connectivity index (χ4v) is 1.80. The van der Waals surface area contributed by atoms with Gasteiger partial charge in [-0.15, -0.1) is 0 Å². The standard InChI is InChI=1S/C11H15FIN/c1-8(2)5-6-14-11-4-3-9(12)7-10(11)13/h3-4,7-8,14H,5-6H2,1-2H3. The van der Waals surface area contributed by atoms with Crippen LogP contribution in [0, 0.1) is 15.3 Å². The number of hydrogen-bond acceptors (Lipinski definition) is 1. The van der Waals surface area contributed by atoms with E-state index < -0.39 is 0 Å². The van der Waals surface area contributed by atoms with Crippen molar-refractivity contribution in [3.05, 3.63) is 27.6 Å². The molecule has 1 rings (SSSR count). The molecule has 1 aromatic rings. The lowest BCUT2D eigenvalue weighted by Crippen LogP contribution is -2.05. The molecule has 0 radical (unpaired) electrons. The van der Waals surface area contributed by atoms with Gasteiger partial charge in [0.05, 0.1) is 0 Å². The van der Waals surface area contributed by atoms with Gasteiger partial charge >= 0.3 is 0 Å². The van der Waals surface area contributed by atoms with Gasteiger partial charge in [-0.1, -0.05) is 13.8 Å². The third-order valence-electron chi connectivity index (χ3n) is 1.97. The van der Waals surface area contributed by atoms with Crippen molar-refractivity contribution < 1.29 is 4.39 Å². The van der Waals surface area contributed by atoms with E-state index in [4.69, 9.17) is 0 Å². The van der Waals surface area contributed by atoms with Crippen LogP contribution >= 0.6 is 22.6 Å². The van der Waals surface area contributed by atoms with Gasteiger partial charge in [-0.2, -0.15) is 0 Å². The van der Waals surface area contributed by atoms with E-state index in [9.17, 15) is 4.39 Å². The minimum Gasteiger partial charge on any atom is -0.384 e. The van der Waals surface area contributed by atoms with Crippen LogP contribution in [0.3, 0.4) is 0 Å². The first kappa shape index (κ1) is 11.8. The molecule has 0 saturated heterocycles. The maximum Gasteiger partial charge on any atom is 0.124 e. The zero-order valence-electron chi connectivity index (χ0n) is 8.48. The first-order valence-electron chi connectivity index (χ1n) is 4.78. The highest BCUT2D eigenvalue weighted by Crippen LogP contribution is 2.19. The summed E-state index contributed by atoms with van der Waals surface area (Å²) in [6.45, 7) is 5.33. The number of halogens is 2. The Hall–Kier alpha value is -0.320. The van der Waals surface area contributed by atoms with Gasteiger partial charge in [-0.3, -0.25) is 0 Å². The Morgan fingerprint density at radius 1 is 1.43 bits per heavy atom. The van der Waals surface area contributed by atoms with E-state index in [-0.39, 0.29) is 5.82 Å². The summed E-state index contributed by atoms with van der Waals surface area (Å²) in [5.41, 5.74) is 1.02. The second-order valence-corrected chi connectivity index (χ2v) is 4.90. The van der Waals surface area contributed by atoms with Crippen LogP contribution < -0.4 is 5.32 Å². The highest BCUT2D eigenvalue weighted by atomic mass is 127. The lowest BCUT2D eigenvalue weighted by atomic mass is 10.1. The molecule has 0 amide bonds. The lowest BCUT2D eigenvalue weighted by Gasteiger charge is -2.09. The van der Waals surface area contributed by atoms with Gasteiger partial charge < -0.3 is 5.32 Å². The number of nitrogens with one attached hydrogen (secondary N) is 1. The van der Waals surface area contributed by atoms with Gasteiger partial charge in [0, 0.05) is 15.8 Å². The molecule has 0 atom stereocenters. The van der Waals surface area contributed by atoms with E-state index in [0.717, 1.165) is 22.2 Å². The molecule has 1 aromatic carbocycles. The minimum atomic E-state index is -0.177. The third-order valence-corrected chi connectivity index (χ3v) is 2.86. The van der Waals surface area contributed by atoms with Crippen molar-refractivity contribution in [3.63, 3.8) is 0 Å². The Labute approximate surface area is 98.2 Å². The fourth-order valence-electron chi connectivity index (χ4n) is 1.13. The van der Waals surface area contributed by atoms with Crippen LogP contribution in [0.1, 0.15) is 20.3 Å². The van der Waals surface area contributed by atoms with E-state index in [1.165, 1.54) is 12.1 Å². The van der Waals surface area contributed by atoms with Gasteiger partial charge in [0.25, 0.3) is 0 Å². The first-order chi connectivity index (χ1) is 6.59. The summed E-state index contributed by atoms with van der Waals surface area (Å²) in [7, 11) is 0. The van der Waals surface area contributed by atoms with E-state index in [1.807, 2.05) is 0 Å². The number of benzene rings is 1. The summed E-state index contributed by atoms with van der Waals surface area (Å²) in [6.07, 6.45) is 1.13. The molecule has 0 aliphatic heterocycles. The molecule has 0 heterocycles. The van der Waals surface area contributed by atoms with E-state index in [0.29, 0.717) is 5.92 Å². The van der Waals surface area contributed by atoms with Crippen molar-refractivity contribution in [2.75, 3.05) is 11.9 Å². The van der Waals surface area contributed by atoms with Gasteiger partial charge in [0.2, 0.25) is 0 Å². The molecule has 1 N–H and O–H groups in total. The summed E-state index contributed by atoms with van der Waals surface area (Å²) >= 11 is 2.14. The van der Waals surface area contributed by atoms with E-state index >= 15 is 0 Å². The Morgan fingerprint density at radius 3 is 2.71 bits per heavy atom. The van der Waals surface area contributed by atoms with Crippen molar-refractivity contribution in [1.29, 1.82) is 0 Å². The molecule has 78 valence electrons. The van der Waals surface area contributed by atoms with E-state index in [2.05, 4.69) is 41.8 Å². The number of hydrogen-bond donors (Lipinski definition) is 1. The molecule has 0 aliphatic rings. The molecule has 0 fully saturated rings. The van der Waals surface area contributed by atoms with Crippen molar-refractivity contribution in [1.82, 2.24) is 0 Å². The van der Waals surface area contributed by atoms with Crippen molar-refractivity contribution >= 4 is 28.3 Å². The normalized spacial score (nSPS) is 10.6. The van der Waals surface area contributed by atoms with Gasteiger partial charge in [-0.25, -0.2) is 4.39 Å². The summed E-state index contributed by atoms with van der Waals surface area (Å²) in [4.78, 5) is 0. The van der Waals surface area contributed by atoms with E-state index in [1.54, 1.807) is 6.07 Å². The maximum absolute atomic E-state index is 12.8. The predicted octanol–water partition coefficient (Wildman–Crippen LogP) is 3.89. The second-order valence-electron chi connectivity index (χ2n) is 3.73. The van der Waals surface area contributed by atoms with Crippen LogP contribution in [0.25, 0.3) is 0 Å². The second kappa shape index (κ2) is 5.53. The molecular formula is C11H15FIN. The first-order valence-corrected chi connectivity index (χ1v) is 5.86. The maximum atomic E-state index is 12.8. The Kier molecular flexibility index (Phi) is 4.65. The predicted molar refractivity (Wildman–Crippen MR) is 67.1 cm³/mol. The fraction of sp³-hybridized carbons (Fsp3) is 0.455. The molecule has 0 spiro atoms. The molecule has 0 aromatic heterocycles. The van der Waals surface area contributed by atoms with Gasteiger partial charge in [0.15, 0.2) is 0 Å². The SMILES string of the molecule is CC(C)CCNc1ccc(F)cc1I. The topological polar surface area (TPSA) is 12.0 Å². The van der Waals surface area contributed by atoms with Crippen LogP contribution in [0.2, 0.25) is 0 Å². The molecular weight excluding hydrogens is 292 g/mol. The Morgan fingerprint density at radius 2 is 2.14 bits per heavy atom. The average molecular weight is 307 g/mol. The van der Waals surface area contributed by atoms with Crippen LogP contribution in [-0.4, -0.2) is 6.54 Å². The Bertz CT molecular complexity index is 299. The van der Waals surface area contributed by atoms with Crippen LogP contribution in [0.4, 0.5) is 10.1 Å². The lowest BCUT2D eigenvalue weighted by molar-refractivity contribution is 0.606. The smallest absolute Gasteiger partial charge is 0.124 e. The number of anilines is 1. The summed E-state index contributed by atoms with van der Waals surface area (Å²) < 4.78 is 13.7. The van der Waals surface area contributed by atoms with Crippen LogP contribution in [-0.2, 0) is 0 Å². The highest BCUT2D eigenvalue weighted by molar-refractivity contribution is 14.1. The van der Waals surface area contributed by atoms with Crippen LogP contribution in [0.5, 0.6) is 0 Å². The average Bonchev–Trinajstić information content (AvgIpc) is 2.08. The van der Waals surface area contributed by atoms with Gasteiger partial charge in [-0.05, 0) is 53.1 Å². The largest absolute Gasteiger partial charge is 0.384 e. The summed E-state index contributed by atoms with van der Waals surface area (Å²) in [5, 5.41) is 3.30. The van der Waals surface area contributed by atoms with Crippen molar-refractivity contribution in [2.24, 2.45) is 5.92 Å². The molecule has 14 heavy (non-hydrogen) atoms. The molecule has 0 bridgehead atoms. The van der Waals surface area contributed by atoms with Gasteiger partial charge in [0.1, 0.15) is 5.82 Å². The number of rotatable bonds is 4.